The molecule has 0 atom stereocenters. The second-order valence-electron chi connectivity index (χ2n) is 9.54. The highest BCUT2D eigenvalue weighted by Crippen LogP contribution is 2.28. The van der Waals surface area contributed by atoms with E-state index >= 15 is 0 Å². The van der Waals surface area contributed by atoms with Crippen LogP contribution in [-0.2, 0) is 22.6 Å². The molecule has 36 heavy (non-hydrogen) atoms. The lowest BCUT2D eigenvalue weighted by Crippen LogP contribution is -2.40. The second-order valence-corrected chi connectivity index (χ2v) is 9.94. The lowest BCUT2D eigenvalue weighted by molar-refractivity contribution is -0.131. The quantitative estimate of drug-likeness (QED) is 0.499. The molecule has 2 aromatic rings. The summed E-state index contributed by atoms with van der Waals surface area (Å²) in [6.07, 6.45) is 2.44. The lowest BCUT2D eigenvalue weighted by Gasteiger charge is -2.33. The van der Waals surface area contributed by atoms with Crippen molar-refractivity contribution in [2.75, 3.05) is 31.1 Å². The summed E-state index contributed by atoms with van der Waals surface area (Å²) in [5.74, 6) is -2.24. The Morgan fingerprint density at radius 2 is 1.64 bits per heavy atom. The number of amides is 2. The zero-order chi connectivity index (χ0) is 26.2. The van der Waals surface area contributed by atoms with Gasteiger partial charge in [0.15, 0.2) is 11.6 Å². The minimum atomic E-state index is -1.00. The molecule has 0 aromatic heterocycles. The zero-order valence-corrected chi connectivity index (χ0v) is 22.2. The molecule has 1 aliphatic heterocycles. The number of carbonyl (C=O) groups excluding carboxylic acids is 2. The van der Waals surface area contributed by atoms with Crippen LogP contribution >= 0.6 is 11.6 Å². The average Bonchev–Trinajstić information content (AvgIpc) is 2.84. The Morgan fingerprint density at radius 1 is 0.972 bits per heavy atom. The number of halogens is 3. The van der Waals surface area contributed by atoms with E-state index in [0.717, 1.165) is 37.2 Å². The van der Waals surface area contributed by atoms with E-state index in [4.69, 9.17) is 11.6 Å². The number of hydrogen-bond donors (Lipinski definition) is 0. The minimum absolute atomic E-state index is 0.0906. The highest BCUT2D eigenvalue weighted by Gasteiger charge is 2.25. The highest BCUT2D eigenvalue weighted by atomic mass is 35.5. The van der Waals surface area contributed by atoms with E-state index in [-0.39, 0.29) is 31.2 Å². The van der Waals surface area contributed by atoms with Crippen LogP contribution in [0.4, 0.5) is 14.5 Å². The minimum Gasteiger partial charge on any atom is -0.338 e. The van der Waals surface area contributed by atoms with Gasteiger partial charge >= 0.3 is 0 Å². The van der Waals surface area contributed by atoms with E-state index in [2.05, 4.69) is 18.7 Å². The molecule has 2 aromatic carbocycles. The first-order valence-electron chi connectivity index (χ1n) is 12.7. The number of nitrogens with zero attached hydrogens (tertiary/aromatic N) is 3. The van der Waals surface area contributed by atoms with Gasteiger partial charge in [-0.15, -0.1) is 0 Å². The fraction of sp³-hybridized carbons (Fsp3) is 0.500. The topological polar surface area (TPSA) is 43.9 Å². The third-order valence-corrected chi connectivity index (χ3v) is 7.10. The largest absolute Gasteiger partial charge is 0.338 e. The van der Waals surface area contributed by atoms with Gasteiger partial charge in [0.1, 0.15) is 0 Å². The van der Waals surface area contributed by atoms with Crippen LogP contribution in [0.15, 0.2) is 36.4 Å². The molecule has 1 aliphatic rings. The Kier molecular flexibility index (Phi) is 10.3. The van der Waals surface area contributed by atoms with Crippen molar-refractivity contribution in [1.82, 2.24) is 9.80 Å². The fourth-order valence-corrected chi connectivity index (χ4v) is 4.88. The van der Waals surface area contributed by atoms with Crippen molar-refractivity contribution in [3.63, 3.8) is 0 Å². The maximum absolute atomic E-state index is 14.4. The van der Waals surface area contributed by atoms with E-state index in [1.54, 1.807) is 22.8 Å². The van der Waals surface area contributed by atoms with Crippen LogP contribution in [0.5, 0.6) is 0 Å². The Labute approximate surface area is 218 Å². The van der Waals surface area contributed by atoms with Gasteiger partial charge < -0.3 is 14.7 Å². The van der Waals surface area contributed by atoms with Gasteiger partial charge in [-0.05, 0) is 56.4 Å². The molecule has 0 bridgehead atoms. The van der Waals surface area contributed by atoms with Gasteiger partial charge in [0.25, 0.3) is 0 Å². The second kappa shape index (κ2) is 13.2. The molecular weight excluding hydrogens is 484 g/mol. The van der Waals surface area contributed by atoms with Crippen LogP contribution in [0.25, 0.3) is 0 Å². The maximum Gasteiger partial charge on any atom is 0.226 e. The smallest absolute Gasteiger partial charge is 0.226 e. The van der Waals surface area contributed by atoms with Crippen LogP contribution < -0.4 is 4.90 Å². The van der Waals surface area contributed by atoms with E-state index in [9.17, 15) is 18.4 Å². The molecule has 0 fully saturated rings. The van der Waals surface area contributed by atoms with Crippen LogP contribution in [0.3, 0.4) is 0 Å². The molecule has 0 radical (unpaired) electrons. The van der Waals surface area contributed by atoms with Crippen LogP contribution in [0, 0.1) is 11.6 Å². The Hall–Kier alpha value is -2.51. The summed E-state index contributed by atoms with van der Waals surface area (Å²) < 4.78 is 28.7. The molecular formula is C28H36ClF2N3O2. The Bertz CT molecular complexity index is 1060. The van der Waals surface area contributed by atoms with Gasteiger partial charge in [-0.25, -0.2) is 8.78 Å². The predicted octanol–water partition coefficient (Wildman–Crippen LogP) is 5.83. The molecule has 0 spiro atoms. The van der Waals surface area contributed by atoms with Crippen LogP contribution in [0.2, 0.25) is 5.02 Å². The fourth-order valence-electron chi connectivity index (χ4n) is 4.65. The average molecular weight is 520 g/mol. The first-order valence-corrected chi connectivity index (χ1v) is 13.1. The monoisotopic (exact) mass is 519 g/mol. The molecule has 0 N–H and O–H groups in total. The number of anilines is 1. The first kappa shape index (κ1) is 28.1. The third kappa shape index (κ3) is 7.26. The number of hydrogen-bond acceptors (Lipinski definition) is 3. The number of rotatable bonds is 5. The van der Waals surface area contributed by atoms with Crippen LogP contribution in [-0.4, -0.2) is 53.8 Å². The van der Waals surface area contributed by atoms with Crippen molar-refractivity contribution < 1.29 is 18.4 Å². The van der Waals surface area contributed by atoms with E-state index in [1.165, 1.54) is 0 Å². The van der Waals surface area contributed by atoms with Gasteiger partial charge in [-0.2, -0.15) is 0 Å². The first-order chi connectivity index (χ1) is 17.2. The molecule has 8 heteroatoms. The Balaban J connectivity index is 1.94. The molecule has 0 saturated heterocycles. The van der Waals surface area contributed by atoms with Crippen molar-refractivity contribution in [1.29, 1.82) is 0 Å². The van der Waals surface area contributed by atoms with E-state index in [1.807, 2.05) is 18.2 Å². The summed E-state index contributed by atoms with van der Waals surface area (Å²) in [6.45, 7) is 8.55. The van der Waals surface area contributed by atoms with Crippen LogP contribution in [0.1, 0.15) is 57.6 Å². The summed E-state index contributed by atoms with van der Waals surface area (Å²) in [7, 11) is 0. The van der Waals surface area contributed by atoms with Gasteiger partial charge in [0, 0.05) is 62.7 Å². The molecule has 2 amide bonds. The summed E-state index contributed by atoms with van der Waals surface area (Å²) >= 11 is 6.27. The molecule has 5 nitrogen and oxygen atoms in total. The summed E-state index contributed by atoms with van der Waals surface area (Å²) in [5, 5.41) is 0.614. The summed E-state index contributed by atoms with van der Waals surface area (Å²) in [6, 6.07) is 9.96. The van der Waals surface area contributed by atoms with Crippen molar-refractivity contribution >= 4 is 29.1 Å². The van der Waals surface area contributed by atoms with Crippen molar-refractivity contribution in [2.24, 2.45) is 0 Å². The van der Waals surface area contributed by atoms with Crippen molar-refractivity contribution in [3.8, 4) is 0 Å². The third-order valence-electron chi connectivity index (χ3n) is 6.73. The van der Waals surface area contributed by atoms with E-state index in [0.29, 0.717) is 48.2 Å². The highest BCUT2D eigenvalue weighted by molar-refractivity contribution is 6.31. The predicted molar refractivity (Wildman–Crippen MR) is 140 cm³/mol. The zero-order valence-electron chi connectivity index (χ0n) is 21.4. The Morgan fingerprint density at radius 3 is 2.31 bits per heavy atom. The number of benzene rings is 2. The van der Waals surface area contributed by atoms with Gasteiger partial charge in [0.2, 0.25) is 11.8 Å². The molecule has 0 unspecified atom stereocenters. The normalized spacial score (nSPS) is 15.9. The molecule has 3 rings (SSSR count). The van der Waals surface area contributed by atoms with E-state index < -0.39 is 11.6 Å². The number of aryl methyl sites for hydroxylation is 1. The SMILES string of the molecule is CCC(=O)N1CCCN(C(C)C)CCCN(C(=O)CCc2ccccc2Cl)Cc2cc(F)c(F)cc21. The van der Waals surface area contributed by atoms with Gasteiger partial charge in [-0.1, -0.05) is 36.7 Å². The molecule has 0 saturated carbocycles. The summed E-state index contributed by atoms with van der Waals surface area (Å²) in [4.78, 5) is 31.8. The van der Waals surface area contributed by atoms with Crippen molar-refractivity contribution in [2.45, 2.75) is 65.5 Å². The maximum atomic E-state index is 14.4. The molecule has 1 heterocycles. The summed E-state index contributed by atoms with van der Waals surface area (Å²) in [5.41, 5.74) is 1.66. The standard InChI is InChI=1S/C28H36ClF2N3O2/c1-4-27(35)34-16-8-14-32(20(2)3)13-7-15-33(19-22-17-24(30)25(31)18-26(22)34)28(36)12-11-21-9-5-6-10-23(21)29/h5-6,9-10,17-18,20H,4,7-8,11-16,19H2,1-3H3. The lowest BCUT2D eigenvalue weighted by atomic mass is 10.1. The van der Waals surface area contributed by atoms with Gasteiger partial charge in [0.05, 0.1) is 5.69 Å². The number of carbonyl (C=O) groups is 2. The molecule has 196 valence electrons. The molecule has 0 aliphatic carbocycles. The number of fused-ring (bicyclic) bond motifs is 1. The van der Waals surface area contributed by atoms with Crippen molar-refractivity contribution in [3.05, 3.63) is 64.2 Å². The van der Waals surface area contributed by atoms with Gasteiger partial charge in [-0.3, -0.25) is 9.59 Å².